The third-order valence-electron chi connectivity index (χ3n) is 6.06. The van der Waals surface area contributed by atoms with Crippen LogP contribution in [0.3, 0.4) is 0 Å². The van der Waals surface area contributed by atoms with Gasteiger partial charge in [-0.15, -0.1) is 11.3 Å². The van der Waals surface area contributed by atoms with Crippen molar-refractivity contribution in [3.63, 3.8) is 0 Å². The molecule has 0 aliphatic carbocycles. The highest BCUT2D eigenvalue weighted by molar-refractivity contribution is 7.15. The highest BCUT2D eigenvalue weighted by Crippen LogP contribution is 2.31. The van der Waals surface area contributed by atoms with Crippen LogP contribution in [0.25, 0.3) is 0 Å². The number of carbonyl (C=O) groups excluding carboxylic acids is 4. The molecule has 1 saturated heterocycles. The highest BCUT2D eigenvalue weighted by atomic mass is 35.5. The molecule has 3 N–H and O–H groups in total. The summed E-state index contributed by atoms with van der Waals surface area (Å²) in [6, 6.07) is 2.87. The van der Waals surface area contributed by atoms with E-state index in [9.17, 15) is 19.2 Å². The zero-order valence-electron chi connectivity index (χ0n) is 20.6. The van der Waals surface area contributed by atoms with Gasteiger partial charge in [0.05, 0.1) is 13.0 Å². The number of fused-ring (bicyclic) bond motifs is 2. The van der Waals surface area contributed by atoms with Crippen LogP contribution in [0.1, 0.15) is 57.0 Å². The predicted octanol–water partition coefficient (Wildman–Crippen LogP) is 1.73. The van der Waals surface area contributed by atoms with Gasteiger partial charge in [0.2, 0.25) is 5.91 Å². The minimum atomic E-state index is -2.05. The van der Waals surface area contributed by atoms with Crippen LogP contribution in [0.15, 0.2) is 18.2 Å². The first-order valence-electron chi connectivity index (χ1n) is 11.6. The molecule has 4 amide bonds. The largest absolute Gasteiger partial charge is 0.365 e. The Hall–Kier alpha value is -3.02. The third kappa shape index (κ3) is 5.02. The molecule has 0 unspecified atom stereocenters. The summed E-state index contributed by atoms with van der Waals surface area (Å²) in [5, 5.41) is 6.59. The molecular weight excluding hydrogens is 492 g/mol. The van der Waals surface area contributed by atoms with Gasteiger partial charge in [0.15, 0.2) is 5.01 Å². The van der Waals surface area contributed by atoms with Gasteiger partial charge in [-0.2, -0.15) is 0 Å². The van der Waals surface area contributed by atoms with Crippen LogP contribution in [-0.2, 0) is 16.1 Å². The summed E-state index contributed by atoms with van der Waals surface area (Å²) in [7, 11) is 1.51. The first-order chi connectivity index (χ1) is 16.9. The van der Waals surface area contributed by atoms with Gasteiger partial charge in [0.1, 0.15) is 10.9 Å². The van der Waals surface area contributed by atoms with Crippen LogP contribution < -0.4 is 11.1 Å². The summed E-state index contributed by atoms with van der Waals surface area (Å²) in [6.45, 7) is 4.74. The molecule has 2 aliphatic rings. The van der Waals surface area contributed by atoms with E-state index in [1.54, 1.807) is 32.0 Å². The van der Waals surface area contributed by atoms with Gasteiger partial charge >= 0.3 is 0 Å². The van der Waals surface area contributed by atoms with Crippen molar-refractivity contribution in [2.75, 3.05) is 26.7 Å². The number of nitrogens with zero attached hydrogens (tertiary/aromatic N) is 4. The van der Waals surface area contributed by atoms with E-state index in [-0.39, 0.29) is 16.4 Å². The maximum atomic E-state index is 13.5. The second kappa shape index (κ2) is 9.92. The van der Waals surface area contributed by atoms with Crippen LogP contribution >= 0.6 is 22.9 Å². The van der Waals surface area contributed by atoms with E-state index in [0.29, 0.717) is 41.5 Å². The van der Waals surface area contributed by atoms with E-state index in [4.69, 9.17) is 18.7 Å². The van der Waals surface area contributed by atoms with Crippen molar-refractivity contribution >= 4 is 46.6 Å². The van der Waals surface area contributed by atoms with E-state index >= 15 is 0 Å². The van der Waals surface area contributed by atoms with Gasteiger partial charge in [0, 0.05) is 38.2 Å². The molecule has 0 bridgehead atoms. The molecule has 186 valence electrons. The van der Waals surface area contributed by atoms with E-state index < -0.39 is 35.6 Å². The van der Waals surface area contributed by atoms with Crippen LogP contribution in [-0.4, -0.2) is 70.2 Å². The van der Waals surface area contributed by atoms with Gasteiger partial charge in [0.25, 0.3) is 17.7 Å². The Morgan fingerprint density at radius 2 is 2.14 bits per heavy atom. The Kier molecular flexibility index (Phi) is 6.72. The number of hydrazine groups is 1. The fourth-order valence-corrected chi connectivity index (χ4v) is 5.37. The van der Waals surface area contributed by atoms with Crippen molar-refractivity contribution in [2.45, 2.75) is 32.8 Å². The quantitative estimate of drug-likeness (QED) is 0.598. The number of carbonyl (C=O) groups is 4. The standard InChI is InChI=1S/C23H27ClN6O4S/c1-12(10-28(3)23(34)21-26-13(2)18(35-21)19(25)31)20(32)27-17-16-6-5-15(24)9-14(16)11-29-7-4-8-30(29)22(17)33/h5-6,9,12,17H,4,7-8,10-11H2,1-3H3,(H2,25,31)(H,27,32)/t12-,17+/m1/s1/i17D. The molecular formula is C23H27ClN6O4S. The van der Waals surface area contributed by atoms with Gasteiger partial charge in [-0.3, -0.25) is 24.2 Å². The number of amides is 4. The zero-order valence-corrected chi connectivity index (χ0v) is 21.2. The Morgan fingerprint density at radius 3 is 2.83 bits per heavy atom. The van der Waals surface area contributed by atoms with Crippen LogP contribution in [0.2, 0.25) is 5.02 Å². The molecule has 2 atom stereocenters. The Morgan fingerprint density at radius 1 is 1.40 bits per heavy atom. The van der Waals surface area contributed by atoms with Crippen molar-refractivity contribution in [2.24, 2.45) is 11.7 Å². The van der Waals surface area contributed by atoms with Gasteiger partial charge in [-0.1, -0.05) is 24.6 Å². The van der Waals surface area contributed by atoms with Crippen LogP contribution in [0.5, 0.6) is 0 Å². The smallest absolute Gasteiger partial charge is 0.282 e. The average molecular weight is 520 g/mol. The lowest BCUT2D eigenvalue weighted by molar-refractivity contribution is -0.148. The van der Waals surface area contributed by atoms with E-state index in [1.165, 1.54) is 17.0 Å². The number of aromatic nitrogens is 1. The maximum absolute atomic E-state index is 13.5. The van der Waals surface area contributed by atoms with Crippen molar-refractivity contribution in [1.29, 1.82) is 0 Å². The van der Waals surface area contributed by atoms with E-state index in [1.807, 2.05) is 5.01 Å². The molecule has 2 aliphatic heterocycles. The molecule has 1 aromatic carbocycles. The third-order valence-corrected chi connectivity index (χ3v) is 7.45. The molecule has 3 heterocycles. The van der Waals surface area contributed by atoms with Gasteiger partial charge in [-0.25, -0.2) is 9.99 Å². The number of nitrogens with two attached hydrogens (primary N) is 1. The zero-order chi connectivity index (χ0) is 26.4. The number of rotatable bonds is 6. The summed E-state index contributed by atoms with van der Waals surface area (Å²) >= 11 is 7.09. The molecule has 35 heavy (non-hydrogen) atoms. The number of aryl methyl sites for hydroxylation is 1. The minimum Gasteiger partial charge on any atom is -0.365 e. The lowest BCUT2D eigenvalue weighted by atomic mass is 9.98. The second-order valence-electron chi connectivity index (χ2n) is 8.72. The molecule has 2 aromatic rings. The van der Waals surface area contributed by atoms with Crippen LogP contribution in [0.4, 0.5) is 0 Å². The summed E-state index contributed by atoms with van der Waals surface area (Å²) in [5.74, 6) is -2.97. The van der Waals surface area contributed by atoms with Crippen molar-refractivity contribution in [3.05, 3.63) is 49.9 Å². The first kappa shape index (κ1) is 23.7. The van der Waals surface area contributed by atoms with Crippen molar-refractivity contribution < 1.29 is 20.5 Å². The van der Waals surface area contributed by atoms with Crippen molar-refractivity contribution in [1.82, 2.24) is 25.2 Å². The molecule has 0 spiro atoms. The number of benzene rings is 1. The molecule has 0 radical (unpaired) electrons. The SMILES string of the molecule is [2H][C@@]1(NC(=O)[C@H](C)CN(C)C(=O)c2nc(C)c(C(N)=O)s2)C(=O)N2CCCN2Cc2cc(Cl)ccc21. The monoisotopic (exact) mass is 519 g/mol. The highest BCUT2D eigenvalue weighted by Gasteiger charge is 2.38. The lowest BCUT2D eigenvalue weighted by Gasteiger charge is -2.28. The summed E-state index contributed by atoms with van der Waals surface area (Å²) < 4.78 is 9.14. The number of thiazole rings is 1. The number of nitrogens with one attached hydrogen (secondary N) is 1. The topological polar surface area (TPSA) is 129 Å². The Labute approximate surface area is 213 Å². The summed E-state index contributed by atoms with van der Waals surface area (Å²) in [6.07, 6.45) is 0.767. The maximum Gasteiger partial charge on any atom is 0.282 e. The minimum absolute atomic E-state index is 0.00276. The molecule has 1 fully saturated rings. The fourth-order valence-electron chi connectivity index (χ4n) is 4.26. The van der Waals surface area contributed by atoms with E-state index in [0.717, 1.165) is 17.8 Å². The number of primary amides is 1. The number of halogens is 1. The fraction of sp³-hybridized carbons (Fsp3) is 0.435. The second-order valence-corrected chi connectivity index (χ2v) is 10.2. The van der Waals surface area contributed by atoms with Crippen molar-refractivity contribution in [3.8, 4) is 0 Å². The summed E-state index contributed by atoms with van der Waals surface area (Å²) in [4.78, 5) is 56.7. The number of hydrogen-bond acceptors (Lipinski definition) is 7. The van der Waals surface area contributed by atoms with Gasteiger partial charge < -0.3 is 16.0 Å². The average Bonchev–Trinajstić information content (AvgIpc) is 3.42. The molecule has 0 saturated carbocycles. The van der Waals surface area contributed by atoms with Gasteiger partial charge in [-0.05, 0) is 36.6 Å². The lowest BCUT2D eigenvalue weighted by Crippen LogP contribution is -2.47. The normalized spacial score (nSPS) is 21.0. The molecule has 1 aromatic heterocycles. The molecule has 10 nitrogen and oxygen atoms in total. The van der Waals surface area contributed by atoms with E-state index in [2.05, 4.69) is 10.3 Å². The molecule has 12 heteroatoms. The predicted molar refractivity (Wildman–Crippen MR) is 131 cm³/mol. The number of hydrogen-bond donors (Lipinski definition) is 2. The van der Waals surface area contributed by atoms with Crippen LogP contribution in [0, 0.1) is 12.8 Å². The Balaban J connectivity index is 1.53. The molecule has 4 rings (SSSR count). The Bertz CT molecular complexity index is 1260. The summed E-state index contributed by atoms with van der Waals surface area (Å²) in [5.41, 5.74) is 6.75. The first-order valence-corrected chi connectivity index (χ1v) is 12.3.